The van der Waals surface area contributed by atoms with E-state index in [-0.39, 0.29) is 6.61 Å². The molecule has 0 saturated carbocycles. The molecule has 1 heterocycles. The largest absolute Gasteiger partial charge is 0.450 e. The third-order valence-corrected chi connectivity index (χ3v) is 3.04. The van der Waals surface area contributed by atoms with E-state index in [0.717, 1.165) is 7.48 Å². The van der Waals surface area contributed by atoms with E-state index in [2.05, 4.69) is 11.1 Å². The van der Waals surface area contributed by atoms with Crippen molar-refractivity contribution < 1.29 is 14.9 Å². The molecule has 0 spiro atoms. The van der Waals surface area contributed by atoms with Gasteiger partial charge in [-0.1, -0.05) is 6.07 Å². The minimum atomic E-state index is -0.215. The number of nitriles is 1. The summed E-state index contributed by atoms with van der Waals surface area (Å²) in [7, 11) is 4.52. The molecule has 1 aromatic heterocycles. The van der Waals surface area contributed by atoms with Gasteiger partial charge in [0.2, 0.25) is 5.88 Å². The Balaban J connectivity index is 2.31. The number of hydrogen-bond donors (Lipinski definition) is 2. The third-order valence-electron chi connectivity index (χ3n) is 3.04. The highest BCUT2D eigenvalue weighted by molar-refractivity contribution is 6.46. The predicted octanol–water partition coefficient (Wildman–Crippen LogP) is 0.541. The SMILES string of the molecule is CN(C)c1nc(Oc2ccc([B]O)c(CO)c2)ccc1C#N. The third kappa shape index (κ3) is 3.36. The number of anilines is 1. The Morgan fingerprint density at radius 2 is 2.09 bits per heavy atom. The van der Waals surface area contributed by atoms with Crippen molar-refractivity contribution in [1.82, 2.24) is 4.98 Å². The molecule has 0 aliphatic carbocycles. The van der Waals surface area contributed by atoms with Crippen LogP contribution in [0.1, 0.15) is 11.1 Å². The average Bonchev–Trinajstić information content (AvgIpc) is 2.54. The molecule has 0 aliphatic rings. The summed E-state index contributed by atoms with van der Waals surface area (Å²) >= 11 is 0. The van der Waals surface area contributed by atoms with Crippen molar-refractivity contribution in [1.29, 1.82) is 5.26 Å². The highest BCUT2D eigenvalue weighted by atomic mass is 16.5. The van der Waals surface area contributed by atoms with Gasteiger partial charge in [-0.15, -0.1) is 0 Å². The van der Waals surface area contributed by atoms with Crippen LogP contribution in [0.25, 0.3) is 0 Å². The molecule has 0 aliphatic heterocycles. The number of pyridine rings is 1. The molecule has 6 nitrogen and oxygen atoms in total. The van der Waals surface area contributed by atoms with Crippen LogP contribution in [-0.4, -0.2) is 36.7 Å². The minimum Gasteiger partial charge on any atom is -0.450 e. The molecular formula is C15H15BN3O3. The van der Waals surface area contributed by atoms with Crippen LogP contribution in [0.15, 0.2) is 30.3 Å². The normalized spacial score (nSPS) is 9.95. The van der Waals surface area contributed by atoms with Gasteiger partial charge in [-0.05, 0) is 29.2 Å². The summed E-state index contributed by atoms with van der Waals surface area (Å²) in [4.78, 5) is 6.03. The Labute approximate surface area is 129 Å². The number of hydrogen-bond acceptors (Lipinski definition) is 6. The van der Waals surface area contributed by atoms with E-state index in [1.807, 2.05) is 0 Å². The van der Waals surface area contributed by atoms with E-state index in [0.29, 0.717) is 34.0 Å². The topological polar surface area (TPSA) is 89.6 Å². The molecule has 0 atom stereocenters. The molecule has 111 valence electrons. The Kier molecular flexibility index (Phi) is 4.99. The van der Waals surface area contributed by atoms with E-state index in [9.17, 15) is 5.11 Å². The van der Waals surface area contributed by atoms with Gasteiger partial charge in [0.15, 0.2) is 0 Å². The number of benzene rings is 1. The molecular weight excluding hydrogens is 281 g/mol. The van der Waals surface area contributed by atoms with Crippen LogP contribution in [0, 0.1) is 11.3 Å². The van der Waals surface area contributed by atoms with Crippen molar-refractivity contribution in [2.45, 2.75) is 6.61 Å². The van der Waals surface area contributed by atoms with Crippen molar-refractivity contribution >= 4 is 18.8 Å². The lowest BCUT2D eigenvalue weighted by molar-refractivity contribution is 0.282. The zero-order chi connectivity index (χ0) is 16.1. The van der Waals surface area contributed by atoms with Crippen LogP contribution < -0.4 is 15.1 Å². The van der Waals surface area contributed by atoms with Crippen LogP contribution in [0.5, 0.6) is 11.6 Å². The molecule has 0 bridgehead atoms. The summed E-state index contributed by atoms with van der Waals surface area (Å²) in [5.41, 5.74) is 1.52. The monoisotopic (exact) mass is 296 g/mol. The first-order valence-electron chi connectivity index (χ1n) is 6.56. The van der Waals surface area contributed by atoms with Gasteiger partial charge in [0, 0.05) is 20.2 Å². The Morgan fingerprint density at radius 3 is 2.68 bits per heavy atom. The van der Waals surface area contributed by atoms with E-state index in [1.165, 1.54) is 0 Å². The van der Waals surface area contributed by atoms with Crippen molar-refractivity contribution in [3.63, 3.8) is 0 Å². The molecule has 0 fully saturated rings. The number of aromatic nitrogens is 1. The Hall–Kier alpha value is -2.56. The second-order valence-electron chi connectivity index (χ2n) is 4.78. The maximum atomic E-state index is 9.28. The molecule has 2 aromatic rings. The second-order valence-corrected chi connectivity index (χ2v) is 4.78. The lowest BCUT2D eigenvalue weighted by Gasteiger charge is -2.14. The zero-order valence-electron chi connectivity index (χ0n) is 12.3. The number of rotatable bonds is 5. The summed E-state index contributed by atoms with van der Waals surface area (Å²) in [6, 6.07) is 10.2. The zero-order valence-corrected chi connectivity index (χ0v) is 12.3. The highest BCUT2D eigenvalue weighted by Crippen LogP contribution is 2.24. The van der Waals surface area contributed by atoms with Crippen LogP contribution in [0.2, 0.25) is 0 Å². The van der Waals surface area contributed by atoms with E-state index >= 15 is 0 Å². The molecule has 0 amide bonds. The number of aliphatic hydroxyl groups excluding tert-OH is 1. The predicted molar refractivity (Wildman–Crippen MR) is 83.3 cm³/mol. The first-order valence-corrected chi connectivity index (χ1v) is 6.56. The fourth-order valence-corrected chi connectivity index (χ4v) is 1.95. The summed E-state index contributed by atoms with van der Waals surface area (Å²) in [6.07, 6.45) is 0. The molecule has 2 rings (SSSR count). The molecule has 22 heavy (non-hydrogen) atoms. The van der Waals surface area contributed by atoms with Crippen LogP contribution in [0.4, 0.5) is 5.82 Å². The lowest BCUT2D eigenvalue weighted by Crippen LogP contribution is -2.18. The summed E-state index contributed by atoms with van der Waals surface area (Å²) in [6.45, 7) is -0.215. The maximum absolute atomic E-state index is 9.28. The smallest absolute Gasteiger partial charge is 0.327 e. The molecule has 0 unspecified atom stereocenters. The molecule has 0 saturated heterocycles. The Morgan fingerprint density at radius 1 is 1.32 bits per heavy atom. The van der Waals surface area contributed by atoms with Crippen molar-refractivity contribution in [3.05, 3.63) is 41.5 Å². The maximum Gasteiger partial charge on any atom is 0.327 e. The summed E-state index contributed by atoms with van der Waals surface area (Å²) in [5, 5.41) is 27.4. The molecule has 1 radical (unpaired) electrons. The van der Waals surface area contributed by atoms with E-state index in [4.69, 9.17) is 15.0 Å². The van der Waals surface area contributed by atoms with E-state index < -0.39 is 0 Å². The van der Waals surface area contributed by atoms with Crippen molar-refractivity contribution in [3.8, 4) is 17.7 Å². The quantitative estimate of drug-likeness (QED) is 0.783. The second kappa shape index (κ2) is 6.94. The highest BCUT2D eigenvalue weighted by Gasteiger charge is 2.10. The van der Waals surface area contributed by atoms with Gasteiger partial charge in [-0.2, -0.15) is 10.2 Å². The van der Waals surface area contributed by atoms with Gasteiger partial charge < -0.3 is 19.8 Å². The Bertz CT molecular complexity index is 714. The first kappa shape index (κ1) is 15.8. The lowest BCUT2D eigenvalue weighted by atomic mass is 9.84. The van der Waals surface area contributed by atoms with Crippen molar-refractivity contribution in [2.75, 3.05) is 19.0 Å². The van der Waals surface area contributed by atoms with Gasteiger partial charge in [0.05, 0.1) is 12.2 Å². The van der Waals surface area contributed by atoms with Gasteiger partial charge in [-0.25, -0.2) is 0 Å². The average molecular weight is 296 g/mol. The number of ether oxygens (including phenoxy) is 1. The number of aliphatic hydroxyl groups is 1. The summed E-state index contributed by atoms with van der Waals surface area (Å²) in [5.74, 6) is 1.34. The fraction of sp³-hybridized carbons (Fsp3) is 0.200. The van der Waals surface area contributed by atoms with Crippen LogP contribution in [-0.2, 0) is 6.61 Å². The molecule has 2 N–H and O–H groups in total. The van der Waals surface area contributed by atoms with Gasteiger partial charge in [0.1, 0.15) is 17.6 Å². The first-order chi connectivity index (χ1) is 10.6. The number of nitrogens with zero attached hydrogens (tertiary/aromatic N) is 3. The van der Waals surface area contributed by atoms with Crippen molar-refractivity contribution in [2.24, 2.45) is 0 Å². The van der Waals surface area contributed by atoms with E-state index in [1.54, 1.807) is 49.3 Å². The minimum absolute atomic E-state index is 0.215. The van der Waals surface area contributed by atoms with Gasteiger partial charge in [0.25, 0.3) is 0 Å². The van der Waals surface area contributed by atoms with Crippen LogP contribution in [0.3, 0.4) is 0 Å². The molecule has 7 heteroatoms. The summed E-state index contributed by atoms with van der Waals surface area (Å²) < 4.78 is 5.66. The molecule has 1 aromatic carbocycles. The van der Waals surface area contributed by atoms with Gasteiger partial charge >= 0.3 is 7.48 Å². The van der Waals surface area contributed by atoms with Crippen LogP contribution >= 0.6 is 0 Å². The van der Waals surface area contributed by atoms with Gasteiger partial charge in [-0.3, -0.25) is 0 Å². The standard InChI is InChI=1S/C15H15BN3O3/c1-19(2)15-10(8-17)3-6-14(18-15)22-12-4-5-13(16-21)11(7-12)9-20/h3-7,20-21H,9H2,1-2H3. The fourth-order valence-electron chi connectivity index (χ4n) is 1.95.